The van der Waals surface area contributed by atoms with Crippen molar-refractivity contribution in [1.82, 2.24) is 0 Å². The first-order valence-electron chi connectivity index (χ1n) is 6.33. The predicted octanol–water partition coefficient (Wildman–Crippen LogP) is 3.83. The number of benzene rings is 2. The smallest absolute Gasteiger partial charge is 0.173 e. The molecule has 0 heterocycles. The Morgan fingerprint density at radius 2 is 1.26 bits per heavy atom. The Morgan fingerprint density at radius 1 is 0.842 bits per heavy atom. The summed E-state index contributed by atoms with van der Waals surface area (Å²) in [6.07, 6.45) is 0. The Hall–Kier alpha value is -2.22. The molecule has 2 rings (SSSR count). The molecular formula is C17H17NO. The van der Waals surface area contributed by atoms with Gasteiger partial charge in [0.1, 0.15) is 6.04 Å². The van der Waals surface area contributed by atoms with Crippen LogP contribution in [-0.2, 0) is 4.79 Å². The van der Waals surface area contributed by atoms with Gasteiger partial charge in [-0.15, -0.1) is 0 Å². The van der Waals surface area contributed by atoms with Crippen molar-refractivity contribution < 1.29 is 4.79 Å². The molecule has 19 heavy (non-hydrogen) atoms. The highest BCUT2D eigenvalue weighted by atomic mass is 16.1. The van der Waals surface area contributed by atoms with Crippen LogP contribution in [0.5, 0.6) is 0 Å². The van der Waals surface area contributed by atoms with Crippen LogP contribution in [0.1, 0.15) is 31.0 Å². The quantitative estimate of drug-likeness (QED) is 0.759. The first kappa shape index (κ1) is 13.2. The lowest BCUT2D eigenvalue weighted by molar-refractivity contribution is -0.111. The van der Waals surface area contributed by atoms with Crippen molar-refractivity contribution in [2.45, 2.75) is 19.9 Å². The van der Waals surface area contributed by atoms with Crippen LogP contribution >= 0.6 is 0 Å². The third-order valence-electron chi connectivity index (χ3n) is 3.06. The largest absolute Gasteiger partial charge is 0.293 e. The minimum Gasteiger partial charge on any atom is -0.293 e. The van der Waals surface area contributed by atoms with Gasteiger partial charge in [0.2, 0.25) is 0 Å². The van der Waals surface area contributed by atoms with E-state index >= 15 is 0 Å². The van der Waals surface area contributed by atoms with Gasteiger partial charge in [0, 0.05) is 6.92 Å². The molecule has 0 atom stereocenters. The normalized spacial score (nSPS) is 11.6. The summed E-state index contributed by atoms with van der Waals surface area (Å²) < 4.78 is 0. The maximum absolute atomic E-state index is 11.4. The van der Waals surface area contributed by atoms with E-state index in [1.165, 1.54) is 0 Å². The Kier molecular flexibility index (Phi) is 4.24. The standard InChI is InChI=1S/C17H17NO/c1-13(14(2)19)18-17(15-9-5-3-6-10-15)16-11-7-4-8-12-16/h3-12,17H,1-2H3. The highest BCUT2D eigenvalue weighted by Crippen LogP contribution is 2.26. The van der Waals surface area contributed by atoms with Crippen molar-refractivity contribution in [3.63, 3.8) is 0 Å². The summed E-state index contributed by atoms with van der Waals surface area (Å²) in [5.74, 6) is 0.0110. The third-order valence-corrected chi connectivity index (χ3v) is 3.06. The van der Waals surface area contributed by atoms with Crippen LogP contribution in [-0.4, -0.2) is 11.5 Å². The van der Waals surface area contributed by atoms with Crippen molar-refractivity contribution in [2.75, 3.05) is 0 Å². The molecule has 0 fully saturated rings. The fourth-order valence-corrected chi connectivity index (χ4v) is 1.90. The molecule has 0 radical (unpaired) electrons. The van der Waals surface area contributed by atoms with Gasteiger partial charge >= 0.3 is 0 Å². The van der Waals surface area contributed by atoms with Crippen LogP contribution in [0.25, 0.3) is 0 Å². The van der Waals surface area contributed by atoms with Crippen LogP contribution in [0.4, 0.5) is 0 Å². The molecule has 0 N–H and O–H groups in total. The van der Waals surface area contributed by atoms with Crippen molar-refractivity contribution in [3.05, 3.63) is 71.8 Å². The highest BCUT2D eigenvalue weighted by molar-refractivity contribution is 6.38. The van der Waals surface area contributed by atoms with Gasteiger partial charge in [-0.05, 0) is 18.1 Å². The Bertz CT molecular complexity index is 533. The number of Topliss-reactive ketones (excluding diaryl/α,β-unsaturated/α-hetero) is 1. The summed E-state index contributed by atoms with van der Waals surface area (Å²) in [6.45, 7) is 3.31. The van der Waals surface area contributed by atoms with Crippen LogP contribution in [0.15, 0.2) is 65.7 Å². The van der Waals surface area contributed by atoms with E-state index in [2.05, 4.69) is 4.99 Å². The maximum atomic E-state index is 11.4. The zero-order valence-electron chi connectivity index (χ0n) is 11.2. The van der Waals surface area contributed by atoms with Gasteiger partial charge in [0.25, 0.3) is 0 Å². The average Bonchev–Trinajstić information content (AvgIpc) is 2.46. The Labute approximate surface area is 113 Å². The second-order valence-electron chi connectivity index (χ2n) is 4.49. The summed E-state index contributed by atoms with van der Waals surface area (Å²) in [5, 5.41) is 0. The van der Waals surface area contributed by atoms with E-state index < -0.39 is 0 Å². The monoisotopic (exact) mass is 251 g/mol. The van der Waals surface area contributed by atoms with Gasteiger partial charge in [0.15, 0.2) is 5.78 Å². The Balaban J connectivity index is 2.46. The first-order valence-corrected chi connectivity index (χ1v) is 6.33. The number of aliphatic imine (C=N–C) groups is 1. The molecule has 2 aromatic carbocycles. The number of rotatable bonds is 4. The minimum atomic E-state index is -0.119. The maximum Gasteiger partial charge on any atom is 0.173 e. The average molecular weight is 251 g/mol. The van der Waals surface area contributed by atoms with Gasteiger partial charge in [-0.3, -0.25) is 9.79 Å². The first-order chi connectivity index (χ1) is 9.18. The summed E-state index contributed by atoms with van der Waals surface area (Å²) in [7, 11) is 0. The molecule has 0 amide bonds. The number of ketones is 1. The molecule has 2 heteroatoms. The van der Waals surface area contributed by atoms with Crippen LogP contribution in [0, 0.1) is 0 Å². The van der Waals surface area contributed by atoms with Gasteiger partial charge < -0.3 is 0 Å². The molecule has 0 aliphatic rings. The lowest BCUT2D eigenvalue weighted by Gasteiger charge is -2.14. The number of hydrogen-bond acceptors (Lipinski definition) is 2. The van der Waals surface area contributed by atoms with E-state index in [0.717, 1.165) is 11.1 Å². The molecule has 96 valence electrons. The number of carbonyl (C=O) groups excluding carboxylic acids is 1. The summed E-state index contributed by atoms with van der Waals surface area (Å²) in [5.41, 5.74) is 2.74. The molecule has 0 bridgehead atoms. The minimum absolute atomic E-state index is 0.0110. The predicted molar refractivity (Wildman–Crippen MR) is 78.5 cm³/mol. The molecular weight excluding hydrogens is 234 g/mol. The van der Waals surface area contributed by atoms with Crippen molar-refractivity contribution in [3.8, 4) is 0 Å². The molecule has 0 aliphatic carbocycles. The van der Waals surface area contributed by atoms with E-state index in [-0.39, 0.29) is 11.8 Å². The lowest BCUT2D eigenvalue weighted by atomic mass is 9.99. The Morgan fingerprint density at radius 3 is 1.63 bits per heavy atom. The zero-order chi connectivity index (χ0) is 13.7. The zero-order valence-corrected chi connectivity index (χ0v) is 11.2. The second kappa shape index (κ2) is 6.10. The molecule has 2 nitrogen and oxygen atoms in total. The van der Waals surface area contributed by atoms with Crippen LogP contribution in [0.3, 0.4) is 0 Å². The third kappa shape index (κ3) is 3.38. The van der Waals surface area contributed by atoms with Crippen LogP contribution in [0.2, 0.25) is 0 Å². The molecule has 0 aliphatic heterocycles. The van der Waals surface area contributed by atoms with E-state index in [1.54, 1.807) is 13.8 Å². The second-order valence-corrected chi connectivity index (χ2v) is 4.49. The summed E-state index contributed by atoms with van der Waals surface area (Å²) in [4.78, 5) is 16.0. The molecule has 2 aromatic rings. The fourth-order valence-electron chi connectivity index (χ4n) is 1.90. The van der Waals surface area contributed by atoms with Gasteiger partial charge in [-0.2, -0.15) is 0 Å². The van der Waals surface area contributed by atoms with Crippen LogP contribution < -0.4 is 0 Å². The lowest BCUT2D eigenvalue weighted by Crippen LogP contribution is -2.08. The number of hydrogen-bond donors (Lipinski definition) is 0. The van der Waals surface area contributed by atoms with Crippen molar-refractivity contribution >= 4 is 11.5 Å². The van der Waals surface area contributed by atoms with Gasteiger partial charge in [-0.1, -0.05) is 60.7 Å². The van der Waals surface area contributed by atoms with E-state index in [9.17, 15) is 4.79 Å². The van der Waals surface area contributed by atoms with Crippen molar-refractivity contribution in [1.29, 1.82) is 0 Å². The van der Waals surface area contributed by atoms with Gasteiger partial charge in [0.05, 0.1) is 5.71 Å². The molecule has 0 saturated heterocycles. The number of nitrogens with zero attached hydrogens (tertiary/aromatic N) is 1. The fraction of sp³-hybridized carbons (Fsp3) is 0.176. The molecule has 0 spiro atoms. The molecule has 0 unspecified atom stereocenters. The number of carbonyl (C=O) groups is 1. The molecule has 0 saturated carbocycles. The van der Waals surface area contributed by atoms with Crippen molar-refractivity contribution in [2.24, 2.45) is 4.99 Å². The van der Waals surface area contributed by atoms with E-state index in [1.807, 2.05) is 60.7 Å². The molecule has 0 aromatic heterocycles. The highest BCUT2D eigenvalue weighted by Gasteiger charge is 2.13. The topological polar surface area (TPSA) is 29.4 Å². The van der Waals surface area contributed by atoms with Gasteiger partial charge in [-0.25, -0.2) is 0 Å². The summed E-state index contributed by atoms with van der Waals surface area (Å²) >= 11 is 0. The van der Waals surface area contributed by atoms with E-state index in [4.69, 9.17) is 0 Å². The summed E-state index contributed by atoms with van der Waals surface area (Å²) in [6, 6.07) is 19.9. The SMILES string of the molecule is CC(=O)C(C)=NC(c1ccccc1)c1ccccc1. The van der Waals surface area contributed by atoms with E-state index in [0.29, 0.717) is 5.71 Å².